The molecule has 0 aromatic heterocycles. The monoisotopic (exact) mass is 488 g/mol. The van der Waals surface area contributed by atoms with Gasteiger partial charge in [0.05, 0.1) is 17.8 Å². The Morgan fingerprint density at radius 3 is 2.20 bits per heavy atom. The zero-order chi connectivity index (χ0) is 26.0. The van der Waals surface area contributed by atoms with Gasteiger partial charge in [0.1, 0.15) is 5.78 Å². The van der Waals surface area contributed by atoms with E-state index in [-0.39, 0.29) is 40.1 Å². The largest absolute Gasteiger partial charge is 0.393 e. The molecular formula is C31H52O4. The number of carbonyl (C=O) groups is 1. The van der Waals surface area contributed by atoms with E-state index >= 15 is 0 Å². The lowest BCUT2D eigenvalue weighted by Gasteiger charge is -2.62. The third-order valence-electron chi connectivity index (χ3n) is 14.0. The van der Waals surface area contributed by atoms with Crippen LogP contribution in [0.15, 0.2) is 0 Å². The molecule has 0 aromatic rings. The molecule has 2 spiro atoms. The molecule has 4 nitrogen and oxygen atoms in total. The first kappa shape index (κ1) is 26.2. The Morgan fingerprint density at radius 2 is 1.57 bits per heavy atom. The first-order chi connectivity index (χ1) is 16.0. The molecule has 0 radical (unpaired) electrons. The fourth-order valence-electron chi connectivity index (χ4n) is 11.4. The van der Waals surface area contributed by atoms with Crippen LogP contribution in [0.25, 0.3) is 0 Å². The van der Waals surface area contributed by atoms with Gasteiger partial charge in [-0.05, 0) is 110 Å². The molecule has 4 heteroatoms. The molecule has 3 unspecified atom stereocenters. The highest BCUT2D eigenvalue weighted by molar-refractivity contribution is 5.86. The van der Waals surface area contributed by atoms with Crippen LogP contribution >= 0.6 is 0 Å². The van der Waals surface area contributed by atoms with Gasteiger partial charge in [-0.25, -0.2) is 0 Å². The van der Waals surface area contributed by atoms with Crippen LogP contribution in [0.3, 0.4) is 0 Å². The molecule has 0 bridgehead atoms. The van der Waals surface area contributed by atoms with Gasteiger partial charge in [-0.1, -0.05) is 48.5 Å². The van der Waals surface area contributed by atoms with Crippen LogP contribution in [-0.4, -0.2) is 38.9 Å². The van der Waals surface area contributed by atoms with E-state index in [2.05, 4.69) is 34.6 Å². The first-order valence-electron chi connectivity index (χ1n) is 14.6. The molecule has 35 heavy (non-hydrogen) atoms. The van der Waals surface area contributed by atoms with Gasteiger partial charge in [0.2, 0.25) is 0 Å². The molecule has 3 N–H and O–H groups in total. The van der Waals surface area contributed by atoms with Gasteiger partial charge in [0.15, 0.2) is 0 Å². The minimum atomic E-state index is -1.12. The normalized spacial score (nSPS) is 51.5. The highest BCUT2D eigenvalue weighted by Gasteiger charge is 2.82. The molecule has 5 aliphatic rings. The van der Waals surface area contributed by atoms with E-state index in [0.29, 0.717) is 34.9 Å². The van der Waals surface area contributed by atoms with Crippen molar-refractivity contribution in [3.63, 3.8) is 0 Å². The molecule has 0 saturated heterocycles. The summed E-state index contributed by atoms with van der Waals surface area (Å²) in [5.74, 6) is 1.86. The molecular weight excluding hydrogens is 436 g/mol. The SMILES string of the molecule is CC(CC(O)C(C)(O)C(C)C)[C@H]1[C@@H](O)C[C@@]2(C)[C@@H]3CC[C@H]4C(C)(C)C(=O)CC[C@@]45C[C@@]35CC[C@]12C. The van der Waals surface area contributed by atoms with Crippen molar-refractivity contribution < 1.29 is 20.1 Å². The average Bonchev–Trinajstić information content (AvgIpc) is 3.36. The molecule has 5 fully saturated rings. The Balaban J connectivity index is 1.43. The molecule has 0 aromatic carbocycles. The predicted molar refractivity (Wildman–Crippen MR) is 139 cm³/mol. The lowest BCUT2D eigenvalue weighted by molar-refractivity contribution is -0.159. The molecule has 0 heterocycles. The van der Waals surface area contributed by atoms with E-state index in [0.717, 1.165) is 32.1 Å². The van der Waals surface area contributed by atoms with Crippen LogP contribution in [0.1, 0.15) is 113 Å². The molecule has 5 saturated carbocycles. The summed E-state index contributed by atoms with van der Waals surface area (Å²) >= 11 is 0. The Kier molecular flexibility index (Phi) is 5.66. The van der Waals surface area contributed by atoms with Crippen molar-refractivity contribution in [3.8, 4) is 0 Å². The average molecular weight is 489 g/mol. The lowest BCUT2D eigenvalue weighted by atomic mass is 9.42. The maximum Gasteiger partial charge on any atom is 0.138 e. The van der Waals surface area contributed by atoms with Crippen molar-refractivity contribution >= 4 is 5.78 Å². The zero-order valence-electron chi connectivity index (χ0n) is 23.7. The summed E-state index contributed by atoms with van der Waals surface area (Å²) in [6.45, 7) is 17.2. The van der Waals surface area contributed by atoms with Crippen LogP contribution in [0.5, 0.6) is 0 Å². The van der Waals surface area contributed by atoms with E-state index in [1.165, 1.54) is 19.3 Å². The number of hydrogen-bond donors (Lipinski definition) is 3. The summed E-state index contributed by atoms with van der Waals surface area (Å²) < 4.78 is 0. The van der Waals surface area contributed by atoms with Crippen LogP contribution in [-0.2, 0) is 4.79 Å². The number of Topliss-reactive ketones (excluding diaryl/α,β-unsaturated/α-hetero) is 1. The summed E-state index contributed by atoms with van der Waals surface area (Å²) in [5, 5.41) is 33.5. The number of fused-ring (bicyclic) bond motifs is 2. The highest BCUT2D eigenvalue weighted by Crippen LogP contribution is 2.88. The number of rotatable bonds is 5. The minimum Gasteiger partial charge on any atom is -0.393 e. The Morgan fingerprint density at radius 1 is 0.971 bits per heavy atom. The van der Waals surface area contributed by atoms with Crippen LogP contribution < -0.4 is 0 Å². The van der Waals surface area contributed by atoms with Crippen molar-refractivity contribution in [2.24, 2.45) is 56.7 Å². The third kappa shape index (κ3) is 3.06. The van der Waals surface area contributed by atoms with Gasteiger partial charge in [-0.2, -0.15) is 0 Å². The highest BCUT2D eigenvalue weighted by atomic mass is 16.3. The quantitative estimate of drug-likeness (QED) is 0.460. The topological polar surface area (TPSA) is 77.8 Å². The van der Waals surface area contributed by atoms with Crippen molar-refractivity contribution in [2.75, 3.05) is 0 Å². The molecule has 11 atom stereocenters. The van der Waals surface area contributed by atoms with E-state index in [9.17, 15) is 20.1 Å². The van der Waals surface area contributed by atoms with Crippen molar-refractivity contribution in [3.05, 3.63) is 0 Å². The number of carbonyl (C=O) groups excluding carboxylic acids is 1. The zero-order valence-corrected chi connectivity index (χ0v) is 23.7. The summed E-state index contributed by atoms with van der Waals surface area (Å²) in [6, 6.07) is 0. The third-order valence-corrected chi connectivity index (χ3v) is 14.0. The van der Waals surface area contributed by atoms with Crippen molar-refractivity contribution in [1.29, 1.82) is 0 Å². The standard InChI is InChI=1S/C31H52O4/c1-18(2)29(8,35)24(34)15-19(3)25-20(32)16-28(7)22-10-9-21-26(4,5)23(33)11-12-30(21)17-31(22,30)14-13-27(25,28)6/h18-22,24-25,32,34-35H,9-17H2,1-8H3/t19?,20-,21-,22-,24?,25-,27+,28-,29?,30+,31-/m0/s1. The predicted octanol–water partition coefficient (Wildman–Crippen LogP) is 5.76. The van der Waals surface area contributed by atoms with Gasteiger partial charge in [0, 0.05) is 11.8 Å². The van der Waals surface area contributed by atoms with Gasteiger partial charge in [-0.15, -0.1) is 0 Å². The molecule has 5 rings (SSSR count). The summed E-state index contributed by atoms with van der Waals surface area (Å²) in [6.07, 6.45) is 8.06. The molecule has 200 valence electrons. The van der Waals surface area contributed by atoms with Gasteiger partial charge < -0.3 is 15.3 Å². The van der Waals surface area contributed by atoms with Gasteiger partial charge >= 0.3 is 0 Å². The smallest absolute Gasteiger partial charge is 0.138 e. The fraction of sp³-hybridized carbons (Fsp3) is 0.968. The maximum atomic E-state index is 12.9. The van der Waals surface area contributed by atoms with E-state index in [1.54, 1.807) is 6.92 Å². The Labute approximate surface area is 213 Å². The van der Waals surface area contributed by atoms with Crippen molar-refractivity contribution in [1.82, 2.24) is 0 Å². The summed E-state index contributed by atoms with van der Waals surface area (Å²) in [4.78, 5) is 12.9. The lowest BCUT2D eigenvalue weighted by Crippen LogP contribution is -2.57. The van der Waals surface area contributed by atoms with E-state index in [1.807, 2.05) is 13.8 Å². The van der Waals surface area contributed by atoms with E-state index in [4.69, 9.17) is 0 Å². The number of hydrogen-bond acceptors (Lipinski definition) is 4. The second-order valence-electron chi connectivity index (χ2n) is 15.6. The number of aliphatic hydroxyl groups is 3. The molecule has 5 aliphatic carbocycles. The Hall–Kier alpha value is -0.450. The Bertz CT molecular complexity index is 892. The van der Waals surface area contributed by atoms with Gasteiger partial charge in [-0.3, -0.25) is 4.79 Å². The maximum absolute atomic E-state index is 12.9. The second-order valence-corrected chi connectivity index (χ2v) is 15.6. The summed E-state index contributed by atoms with van der Waals surface area (Å²) in [5.41, 5.74) is -0.497. The molecule has 0 aliphatic heterocycles. The molecule has 0 amide bonds. The summed E-state index contributed by atoms with van der Waals surface area (Å²) in [7, 11) is 0. The second kappa shape index (κ2) is 7.56. The van der Waals surface area contributed by atoms with Crippen molar-refractivity contribution in [2.45, 2.75) is 131 Å². The number of ketones is 1. The van der Waals surface area contributed by atoms with E-state index < -0.39 is 11.7 Å². The number of aliphatic hydroxyl groups excluding tert-OH is 2. The van der Waals surface area contributed by atoms with Crippen LogP contribution in [0, 0.1) is 56.7 Å². The van der Waals surface area contributed by atoms with Crippen LogP contribution in [0.2, 0.25) is 0 Å². The first-order valence-corrected chi connectivity index (χ1v) is 14.6. The fourth-order valence-corrected chi connectivity index (χ4v) is 11.4. The minimum absolute atomic E-state index is 0.0264. The van der Waals surface area contributed by atoms with Crippen LogP contribution in [0.4, 0.5) is 0 Å². The van der Waals surface area contributed by atoms with Gasteiger partial charge in [0.25, 0.3) is 0 Å².